The average molecular weight is 229 g/mol. The molecule has 0 bridgehead atoms. The van der Waals surface area contributed by atoms with Gasteiger partial charge < -0.3 is 9.84 Å². The second-order valence-corrected chi connectivity index (χ2v) is 4.82. The third-order valence-electron chi connectivity index (χ3n) is 2.12. The van der Waals surface area contributed by atoms with Crippen molar-refractivity contribution in [3.05, 3.63) is 28.8 Å². The van der Waals surface area contributed by atoms with Crippen molar-refractivity contribution >= 4 is 11.6 Å². The molecule has 0 heterocycles. The molecule has 0 aliphatic rings. The van der Waals surface area contributed by atoms with Gasteiger partial charge in [0.2, 0.25) is 0 Å². The van der Waals surface area contributed by atoms with Gasteiger partial charge in [0.1, 0.15) is 12.4 Å². The summed E-state index contributed by atoms with van der Waals surface area (Å²) in [5, 5.41) is 9.32. The van der Waals surface area contributed by atoms with Crippen LogP contribution in [0.3, 0.4) is 0 Å². The molecule has 2 nitrogen and oxygen atoms in total. The molecule has 0 unspecified atom stereocenters. The molecule has 3 heteroatoms. The lowest BCUT2D eigenvalue weighted by molar-refractivity contribution is 0.201. The van der Waals surface area contributed by atoms with Crippen molar-refractivity contribution in [3.63, 3.8) is 0 Å². The van der Waals surface area contributed by atoms with E-state index in [2.05, 4.69) is 20.8 Å². The van der Waals surface area contributed by atoms with Gasteiger partial charge >= 0.3 is 0 Å². The van der Waals surface area contributed by atoms with Crippen LogP contribution in [0, 0.1) is 0 Å². The second kappa shape index (κ2) is 4.86. The van der Waals surface area contributed by atoms with Gasteiger partial charge in [0.15, 0.2) is 0 Å². The van der Waals surface area contributed by atoms with Gasteiger partial charge in [-0.1, -0.05) is 44.5 Å². The van der Waals surface area contributed by atoms with Gasteiger partial charge in [0.05, 0.1) is 11.6 Å². The number of aliphatic hydroxyl groups excluding tert-OH is 1. The lowest BCUT2D eigenvalue weighted by atomic mass is 9.87. The minimum absolute atomic E-state index is 0.00389. The first-order valence-corrected chi connectivity index (χ1v) is 5.37. The Balaban J connectivity index is 3.01. The monoisotopic (exact) mass is 228 g/mol. The van der Waals surface area contributed by atoms with E-state index in [-0.39, 0.29) is 18.6 Å². The molecule has 0 radical (unpaired) electrons. The molecule has 0 aliphatic carbocycles. The predicted octanol–water partition coefficient (Wildman–Crippen LogP) is 3.01. The molecule has 1 aromatic rings. The molecule has 15 heavy (non-hydrogen) atoms. The van der Waals surface area contributed by atoms with Gasteiger partial charge in [-0.25, -0.2) is 0 Å². The molecule has 0 spiro atoms. The highest BCUT2D eigenvalue weighted by atomic mass is 35.5. The van der Waals surface area contributed by atoms with Crippen molar-refractivity contribution in [2.75, 3.05) is 13.2 Å². The first-order valence-electron chi connectivity index (χ1n) is 4.99. The topological polar surface area (TPSA) is 29.5 Å². The Hall–Kier alpha value is -0.730. The number of hydrogen-bond acceptors (Lipinski definition) is 2. The lowest BCUT2D eigenvalue weighted by Crippen LogP contribution is -2.12. The van der Waals surface area contributed by atoms with Crippen molar-refractivity contribution in [2.24, 2.45) is 0 Å². The standard InChI is InChI=1S/C12H17ClO2/c1-12(2,3)9-5-4-6-10(11(9)13)15-8-7-14/h4-6,14H,7-8H2,1-3H3. The summed E-state index contributed by atoms with van der Waals surface area (Å²) in [6.45, 7) is 6.57. The molecule has 1 rings (SSSR count). The van der Waals surface area contributed by atoms with Crippen LogP contribution in [0.4, 0.5) is 0 Å². The largest absolute Gasteiger partial charge is 0.490 e. The SMILES string of the molecule is CC(C)(C)c1cccc(OCCO)c1Cl. The van der Waals surface area contributed by atoms with Crippen LogP contribution in [0.2, 0.25) is 5.02 Å². The summed E-state index contributed by atoms with van der Waals surface area (Å²) in [5.74, 6) is 0.637. The van der Waals surface area contributed by atoms with Crippen LogP contribution in [0.15, 0.2) is 18.2 Å². The highest BCUT2D eigenvalue weighted by molar-refractivity contribution is 6.33. The first-order chi connectivity index (χ1) is 6.96. The van der Waals surface area contributed by atoms with E-state index in [0.29, 0.717) is 10.8 Å². The van der Waals surface area contributed by atoms with Gasteiger partial charge in [-0.15, -0.1) is 0 Å². The molecular weight excluding hydrogens is 212 g/mol. The maximum atomic E-state index is 8.68. The number of benzene rings is 1. The number of aliphatic hydroxyl groups is 1. The molecular formula is C12H17ClO2. The third-order valence-corrected chi connectivity index (χ3v) is 2.51. The third kappa shape index (κ3) is 3.11. The lowest BCUT2D eigenvalue weighted by Gasteiger charge is -2.21. The van der Waals surface area contributed by atoms with E-state index in [1.807, 2.05) is 18.2 Å². The van der Waals surface area contributed by atoms with E-state index in [4.69, 9.17) is 21.4 Å². The van der Waals surface area contributed by atoms with Crippen LogP contribution in [0.1, 0.15) is 26.3 Å². The molecule has 1 N–H and O–H groups in total. The zero-order valence-electron chi connectivity index (χ0n) is 9.38. The summed E-state index contributed by atoms with van der Waals surface area (Å²) < 4.78 is 5.34. The van der Waals surface area contributed by atoms with Gasteiger partial charge in [0.25, 0.3) is 0 Å². The molecule has 0 saturated carbocycles. The van der Waals surface area contributed by atoms with Crippen LogP contribution in [-0.2, 0) is 5.41 Å². The average Bonchev–Trinajstić information content (AvgIpc) is 2.14. The van der Waals surface area contributed by atoms with E-state index in [1.165, 1.54) is 0 Å². The van der Waals surface area contributed by atoms with Crippen molar-refractivity contribution in [2.45, 2.75) is 26.2 Å². The molecule has 0 amide bonds. The quantitative estimate of drug-likeness (QED) is 0.862. The second-order valence-electron chi connectivity index (χ2n) is 4.44. The van der Waals surface area contributed by atoms with Gasteiger partial charge in [-0.05, 0) is 17.0 Å². The number of rotatable bonds is 3. The Morgan fingerprint density at radius 1 is 1.33 bits per heavy atom. The van der Waals surface area contributed by atoms with E-state index < -0.39 is 0 Å². The fourth-order valence-electron chi connectivity index (χ4n) is 1.36. The summed E-state index contributed by atoms with van der Waals surface area (Å²) in [7, 11) is 0. The van der Waals surface area contributed by atoms with Gasteiger partial charge in [0, 0.05) is 0 Å². The molecule has 84 valence electrons. The zero-order chi connectivity index (χ0) is 11.5. The Morgan fingerprint density at radius 3 is 2.53 bits per heavy atom. The maximum absolute atomic E-state index is 8.68. The number of ether oxygens (including phenoxy) is 1. The summed E-state index contributed by atoms with van der Waals surface area (Å²) >= 11 is 6.22. The van der Waals surface area contributed by atoms with Crippen LogP contribution in [0.5, 0.6) is 5.75 Å². The predicted molar refractivity (Wildman–Crippen MR) is 62.7 cm³/mol. The molecule has 0 saturated heterocycles. The van der Waals surface area contributed by atoms with E-state index in [0.717, 1.165) is 5.56 Å². The van der Waals surface area contributed by atoms with Crippen molar-refractivity contribution in [1.29, 1.82) is 0 Å². The van der Waals surface area contributed by atoms with Gasteiger partial charge in [-0.2, -0.15) is 0 Å². The van der Waals surface area contributed by atoms with E-state index >= 15 is 0 Å². The first kappa shape index (κ1) is 12.3. The van der Waals surface area contributed by atoms with Crippen molar-refractivity contribution < 1.29 is 9.84 Å². The molecule has 0 aromatic heterocycles. The molecule has 0 atom stereocenters. The summed E-state index contributed by atoms with van der Waals surface area (Å²) in [6.07, 6.45) is 0. The van der Waals surface area contributed by atoms with Crippen LogP contribution in [0.25, 0.3) is 0 Å². The number of hydrogen-bond donors (Lipinski definition) is 1. The van der Waals surface area contributed by atoms with Crippen molar-refractivity contribution in [3.8, 4) is 5.75 Å². The fraction of sp³-hybridized carbons (Fsp3) is 0.500. The zero-order valence-corrected chi connectivity index (χ0v) is 10.1. The Morgan fingerprint density at radius 2 is 2.00 bits per heavy atom. The summed E-state index contributed by atoms with van der Waals surface area (Å²) in [6, 6.07) is 5.72. The highest BCUT2D eigenvalue weighted by Gasteiger charge is 2.19. The minimum atomic E-state index is -0.00430. The Bertz CT molecular complexity index is 329. The van der Waals surface area contributed by atoms with Gasteiger partial charge in [-0.3, -0.25) is 0 Å². The van der Waals surface area contributed by atoms with Crippen LogP contribution >= 0.6 is 11.6 Å². The molecule has 0 fully saturated rings. The Kier molecular flexibility index (Phi) is 4.00. The molecule has 1 aromatic carbocycles. The normalized spacial score (nSPS) is 11.5. The summed E-state index contributed by atoms with van der Waals surface area (Å²) in [5.41, 5.74) is 1.05. The fourth-order valence-corrected chi connectivity index (χ4v) is 1.82. The minimum Gasteiger partial charge on any atom is -0.490 e. The Labute approximate surface area is 95.8 Å². The molecule has 0 aliphatic heterocycles. The van der Waals surface area contributed by atoms with Crippen molar-refractivity contribution in [1.82, 2.24) is 0 Å². The smallest absolute Gasteiger partial charge is 0.138 e. The van der Waals surface area contributed by atoms with E-state index in [9.17, 15) is 0 Å². The number of halogens is 1. The van der Waals surface area contributed by atoms with Crippen LogP contribution in [-0.4, -0.2) is 18.3 Å². The van der Waals surface area contributed by atoms with Crippen LogP contribution < -0.4 is 4.74 Å². The highest BCUT2D eigenvalue weighted by Crippen LogP contribution is 2.35. The van der Waals surface area contributed by atoms with E-state index in [1.54, 1.807) is 0 Å². The summed E-state index contributed by atoms with van der Waals surface area (Å²) in [4.78, 5) is 0. The maximum Gasteiger partial charge on any atom is 0.138 e.